The summed E-state index contributed by atoms with van der Waals surface area (Å²) in [5.41, 5.74) is 15.8. The SMILES string of the molecule is CC(C)c1cc(-c2ccccc2)cc(C(C)C)c1-c1cc(-c2[c-]cc(F)cc2)nc(N2C=CN(C)[CH-]2)c1.Fc1c[c-]c(-c2cc(-c3ccc4c(c3)oc3ccccc34)cc(-c3[c-]cccc3)n2)cc1.[Ir]. The van der Waals surface area contributed by atoms with Crippen LogP contribution in [0.25, 0.3) is 89.1 Å². The molecule has 10 aromatic rings. The molecule has 1 aliphatic rings. The van der Waals surface area contributed by atoms with Crippen LogP contribution < -0.4 is 4.90 Å². The largest absolute Gasteiger partial charge is 0.510 e. The summed E-state index contributed by atoms with van der Waals surface area (Å²) in [6.45, 7) is 11.0. The van der Waals surface area contributed by atoms with Gasteiger partial charge in [0.25, 0.3) is 0 Å². The van der Waals surface area contributed by atoms with Gasteiger partial charge in [-0.05, 0) is 117 Å². The van der Waals surface area contributed by atoms with Crippen molar-refractivity contribution in [3.63, 3.8) is 0 Å². The second-order valence-corrected chi connectivity index (χ2v) is 17.8. The van der Waals surface area contributed by atoms with Crippen LogP contribution in [0.2, 0.25) is 0 Å². The van der Waals surface area contributed by atoms with Crippen LogP contribution in [-0.4, -0.2) is 21.9 Å². The molecule has 0 spiro atoms. The molecular formula is C62H48F2IrN4O-4. The summed E-state index contributed by atoms with van der Waals surface area (Å²) in [7, 11) is 1.99. The van der Waals surface area contributed by atoms with Gasteiger partial charge in [0.15, 0.2) is 0 Å². The zero-order valence-electron chi connectivity index (χ0n) is 39.3. The van der Waals surface area contributed by atoms with Crippen molar-refractivity contribution in [2.24, 2.45) is 0 Å². The summed E-state index contributed by atoms with van der Waals surface area (Å²) in [4.78, 5) is 13.8. The van der Waals surface area contributed by atoms with E-state index < -0.39 is 0 Å². The third kappa shape index (κ3) is 10.1. The number of pyridine rings is 2. The molecule has 3 aromatic heterocycles. The Morgan fingerprint density at radius 1 is 0.514 bits per heavy atom. The minimum absolute atomic E-state index is 0. The van der Waals surface area contributed by atoms with Crippen LogP contribution in [0.15, 0.2) is 187 Å². The number of benzene rings is 7. The molecule has 4 heterocycles. The van der Waals surface area contributed by atoms with E-state index in [1.54, 1.807) is 12.1 Å². The average Bonchev–Trinajstić information content (AvgIpc) is 4.00. The number of rotatable bonds is 9. The van der Waals surface area contributed by atoms with Gasteiger partial charge in [0.05, 0.1) is 5.82 Å². The second kappa shape index (κ2) is 20.6. The molecule has 7 aromatic carbocycles. The Hall–Kier alpha value is -7.51. The normalized spacial score (nSPS) is 12.2. The van der Waals surface area contributed by atoms with Crippen LogP contribution >= 0.6 is 0 Å². The number of furan rings is 1. The van der Waals surface area contributed by atoms with Crippen LogP contribution in [0.4, 0.5) is 14.6 Å². The van der Waals surface area contributed by atoms with Gasteiger partial charge in [-0.15, -0.1) is 102 Å². The number of hydrogen-bond acceptors (Lipinski definition) is 5. The monoisotopic (exact) mass is 1100 g/mol. The van der Waals surface area contributed by atoms with E-state index in [4.69, 9.17) is 14.4 Å². The number of aromatic nitrogens is 2. The van der Waals surface area contributed by atoms with Crippen molar-refractivity contribution in [1.29, 1.82) is 0 Å². The maximum Gasteiger partial charge on any atom is 0.136 e. The number of para-hydroxylation sites is 1. The molecule has 1 radical (unpaired) electrons. The average molecular weight is 1100 g/mol. The Labute approximate surface area is 422 Å². The first-order valence-corrected chi connectivity index (χ1v) is 23.1. The van der Waals surface area contributed by atoms with Crippen molar-refractivity contribution < 1.29 is 33.3 Å². The third-order valence-corrected chi connectivity index (χ3v) is 12.3. The van der Waals surface area contributed by atoms with Gasteiger partial charge in [-0.3, -0.25) is 13.8 Å². The quantitative estimate of drug-likeness (QED) is 0.135. The molecule has 0 aliphatic carbocycles. The van der Waals surface area contributed by atoms with Gasteiger partial charge >= 0.3 is 0 Å². The fraction of sp³-hybridized carbons (Fsp3) is 0.113. The van der Waals surface area contributed by atoms with Gasteiger partial charge in [0, 0.05) is 42.5 Å². The van der Waals surface area contributed by atoms with Crippen LogP contribution in [0.5, 0.6) is 0 Å². The van der Waals surface area contributed by atoms with Crippen molar-refractivity contribution >= 4 is 27.8 Å². The van der Waals surface area contributed by atoms with E-state index in [9.17, 15) is 8.78 Å². The molecule has 0 saturated heterocycles. The van der Waals surface area contributed by atoms with E-state index in [0.29, 0.717) is 11.8 Å². The minimum Gasteiger partial charge on any atom is -0.510 e. The molecule has 0 amide bonds. The Balaban J connectivity index is 0.000000173. The van der Waals surface area contributed by atoms with E-state index in [1.165, 1.54) is 52.1 Å². The van der Waals surface area contributed by atoms with Crippen LogP contribution in [0, 0.1) is 36.5 Å². The molecular weight excluding hydrogens is 1050 g/mol. The molecule has 0 fully saturated rings. The molecule has 8 heteroatoms. The van der Waals surface area contributed by atoms with E-state index in [-0.39, 0.29) is 31.7 Å². The maximum absolute atomic E-state index is 13.7. The molecule has 0 atom stereocenters. The molecule has 349 valence electrons. The number of fused-ring (bicyclic) bond motifs is 3. The van der Waals surface area contributed by atoms with E-state index >= 15 is 0 Å². The van der Waals surface area contributed by atoms with Crippen LogP contribution in [0.3, 0.4) is 0 Å². The number of halogens is 2. The molecule has 0 N–H and O–H groups in total. The summed E-state index contributed by atoms with van der Waals surface area (Å²) in [5, 5.41) is 2.19. The molecule has 70 heavy (non-hydrogen) atoms. The van der Waals surface area contributed by atoms with Gasteiger partial charge in [0.2, 0.25) is 0 Å². The second-order valence-electron chi connectivity index (χ2n) is 17.8. The third-order valence-electron chi connectivity index (χ3n) is 12.3. The fourth-order valence-electron chi connectivity index (χ4n) is 8.81. The van der Waals surface area contributed by atoms with Gasteiger partial charge in [-0.2, -0.15) is 0 Å². The van der Waals surface area contributed by atoms with Gasteiger partial charge in [0.1, 0.15) is 11.2 Å². The van der Waals surface area contributed by atoms with Crippen molar-refractivity contribution in [3.05, 3.63) is 230 Å². The van der Waals surface area contributed by atoms with Crippen molar-refractivity contribution in [3.8, 4) is 67.2 Å². The standard InChI is InChI=1S/C33H32FN3.C29H16FNO.Ir/c1-22(2)29-17-26(24-9-7-6-8-10-24)18-30(23(3)4)33(29)27-19-31(25-11-13-28(34)14-12-25)35-32(20-27)37-16-15-36(5)21-37;30-23-13-10-20(11-14-23)27-17-22(16-26(31-27)19-6-2-1-3-7-19)21-12-15-25-24-8-4-5-9-28(24)32-29(25)18-21;/h6-11,13-23H,1-5H3;1-6,8-10,12-18H;/q2*-2;. The Bertz CT molecular complexity index is 3430. The summed E-state index contributed by atoms with van der Waals surface area (Å²) in [6, 6.07) is 63.9. The summed E-state index contributed by atoms with van der Waals surface area (Å²) < 4.78 is 33.2. The summed E-state index contributed by atoms with van der Waals surface area (Å²) in [5.74, 6) is 0.813. The molecule has 0 bridgehead atoms. The fourth-order valence-corrected chi connectivity index (χ4v) is 8.81. The Kier molecular flexibility index (Phi) is 14.0. The Morgan fingerprint density at radius 3 is 1.70 bits per heavy atom. The zero-order chi connectivity index (χ0) is 47.6. The first kappa shape index (κ1) is 47.6. The summed E-state index contributed by atoms with van der Waals surface area (Å²) in [6.07, 6.45) is 3.99. The van der Waals surface area contributed by atoms with Crippen molar-refractivity contribution in [2.75, 3.05) is 11.9 Å². The minimum atomic E-state index is -0.322. The van der Waals surface area contributed by atoms with Crippen molar-refractivity contribution in [2.45, 2.75) is 39.5 Å². The van der Waals surface area contributed by atoms with E-state index in [1.807, 2.05) is 90.5 Å². The topological polar surface area (TPSA) is 45.4 Å². The van der Waals surface area contributed by atoms with Gasteiger partial charge < -0.3 is 19.2 Å². The van der Waals surface area contributed by atoms with E-state index in [2.05, 4.69) is 125 Å². The van der Waals surface area contributed by atoms with Gasteiger partial charge in [-0.1, -0.05) is 113 Å². The smallest absolute Gasteiger partial charge is 0.136 e. The first-order chi connectivity index (χ1) is 33.5. The molecule has 11 rings (SSSR count). The molecule has 5 nitrogen and oxygen atoms in total. The number of nitrogens with zero attached hydrogens (tertiary/aromatic N) is 4. The number of anilines is 1. The van der Waals surface area contributed by atoms with Crippen molar-refractivity contribution in [1.82, 2.24) is 14.9 Å². The van der Waals surface area contributed by atoms with Gasteiger partial charge in [-0.25, -0.2) is 0 Å². The Morgan fingerprint density at radius 2 is 1.10 bits per heavy atom. The molecule has 0 unspecified atom stereocenters. The number of hydrogen-bond donors (Lipinski definition) is 0. The van der Waals surface area contributed by atoms with Crippen LogP contribution in [0.1, 0.15) is 50.7 Å². The predicted molar refractivity (Wildman–Crippen MR) is 277 cm³/mol. The summed E-state index contributed by atoms with van der Waals surface area (Å²) >= 11 is 0. The zero-order valence-corrected chi connectivity index (χ0v) is 41.7. The first-order valence-electron chi connectivity index (χ1n) is 23.1. The predicted octanol–water partition coefficient (Wildman–Crippen LogP) is 16.3. The van der Waals surface area contributed by atoms with E-state index in [0.717, 1.165) is 78.2 Å². The molecule has 1 aliphatic heterocycles. The van der Waals surface area contributed by atoms with Crippen LogP contribution in [-0.2, 0) is 20.1 Å². The molecule has 0 saturated carbocycles. The maximum atomic E-state index is 13.7.